The van der Waals surface area contributed by atoms with Gasteiger partial charge in [0.1, 0.15) is 5.82 Å². The van der Waals surface area contributed by atoms with Crippen molar-refractivity contribution in [2.24, 2.45) is 11.8 Å². The molecule has 1 amide bonds. The summed E-state index contributed by atoms with van der Waals surface area (Å²) >= 11 is 0. The van der Waals surface area contributed by atoms with E-state index in [-0.39, 0.29) is 11.8 Å². The van der Waals surface area contributed by atoms with Gasteiger partial charge >= 0.3 is 0 Å². The van der Waals surface area contributed by atoms with E-state index >= 15 is 0 Å². The predicted molar refractivity (Wildman–Crippen MR) is 74.8 cm³/mol. The Balaban J connectivity index is 1.67. The molecule has 2 aliphatic carbocycles. The van der Waals surface area contributed by atoms with Crippen LogP contribution in [0, 0.1) is 11.8 Å². The van der Waals surface area contributed by atoms with Gasteiger partial charge in [0.2, 0.25) is 5.91 Å². The minimum absolute atomic E-state index is 0.115. The summed E-state index contributed by atoms with van der Waals surface area (Å²) in [7, 11) is 0. The predicted octanol–water partition coefficient (Wildman–Crippen LogP) is 3.15. The fourth-order valence-corrected chi connectivity index (χ4v) is 2.78. The maximum Gasteiger partial charge on any atom is 0.228 e. The zero-order chi connectivity index (χ0) is 13.2. The number of nitrogens with zero attached hydrogens (tertiary/aromatic N) is 2. The van der Waals surface area contributed by atoms with Crippen LogP contribution < -0.4 is 5.32 Å². The molecular weight excluding hydrogens is 238 g/mol. The minimum Gasteiger partial charge on any atom is -0.311 e. The van der Waals surface area contributed by atoms with E-state index < -0.39 is 0 Å². The van der Waals surface area contributed by atoms with Crippen LogP contribution in [0.2, 0.25) is 0 Å². The van der Waals surface area contributed by atoms with Crippen LogP contribution in [0.15, 0.2) is 24.4 Å². The molecule has 1 saturated carbocycles. The maximum atomic E-state index is 12.2. The summed E-state index contributed by atoms with van der Waals surface area (Å²) in [6, 6.07) is 2.28. The summed E-state index contributed by atoms with van der Waals surface area (Å²) in [6.45, 7) is 2.18. The van der Waals surface area contributed by atoms with Crippen molar-refractivity contribution >= 4 is 11.7 Å². The first kappa shape index (κ1) is 12.5. The highest BCUT2D eigenvalue weighted by Gasteiger charge is 2.31. The molecule has 1 aromatic rings. The van der Waals surface area contributed by atoms with E-state index in [1.165, 1.54) is 12.8 Å². The minimum atomic E-state index is 0.115. The first-order chi connectivity index (χ1) is 9.25. The second-order valence-electron chi connectivity index (χ2n) is 5.71. The molecule has 1 fully saturated rings. The summed E-state index contributed by atoms with van der Waals surface area (Å²) in [5, 5.41) is 7.41. The van der Waals surface area contributed by atoms with E-state index in [0.29, 0.717) is 6.04 Å². The number of allylic oxidation sites excluding steroid dienone is 2. The Morgan fingerprint density at radius 2 is 2.26 bits per heavy atom. The highest BCUT2D eigenvalue weighted by atomic mass is 16.2. The number of nitrogens with one attached hydrogen (secondary N) is 1. The zero-order valence-electron chi connectivity index (χ0n) is 11.4. The fourth-order valence-electron chi connectivity index (χ4n) is 2.78. The van der Waals surface area contributed by atoms with Gasteiger partial charge in [0, 0.05) is 12.0 Å². The summed E-state index contributed by atoms with van der Waals surface area (Å²) in [4.78, 5) is 12.2. The van der Waals surface area contributed by atoms with Gasteiger partial charge in [0.15, 0.2) is 0 Å². The van der Waals surface area contributed by atoms with Gasteiger partial charge in [-0.25, -0.2) is 4.68 Å². The average molecular weight is 259 g/mol. The van der Waals surface area contributed by atoms with Gasteiger partial charge in [-0.05, 0) is 44.9 Å². The maximum absolute atomic E-state index is 12.2. The highest BCUT2D eigenvalue weighted by molar-refractivity contribution is 5.91. The Bertz CT molecular complexity index is 487. The number of anilines is 1. The van der Waals surface area contributed by atoms with E-state index in [0.717, 1.165) is 31.0 Å². The Kier molecular flexibility index (Phi) is 3.40. The molecule has 102 valence electrons. The van der Waals surface area contributed by atoms with E-state index in [2.05, 4.69) is 29.5 Å². The number of carbonyl (C=O) groups excluding carboxylic acids is 1. The molecule has 1 aromatic heterocycles. The van der Waals surface area contributed by atoms with Gasteiger partial charge in [-0.3, -0.25) is 4.79 Å². The third-order valence-corrected chi connectivity index (χ3v) is 4.25. The normalized spacial score (nSPS) is 24.2. The average Bonchev–Trinajstić information content (AvgIpc) is 3.19. The lowest BCUT2D eigenvalue weighted by atomic mass is 9.94. The van der Waals surface area contributed by atoms with E-state index in [4.69, 9.17) is 0 Å². The van der Waals surface area contributed by atoms with Crippen LogP contribution in [-0.2, 0) is 4.79 Å². The molecule has 0 aromatic carbocycles. The number of aromatic nitrogens is 2. The van der Waals surface area contributed by atoms with Crippen LogP contribution >= 0.6 is 0 Å². The molecule has 4 nitrogen and oxygen atoms in total. The third kappa shape index (κ3) is 2.72. The van der Waals surface area contributed by atoms with E-state index in [1.807, 2.05) is 10.7 Å². The summed E-state index contributed by atoms with van der Waals surface area (Å²) in [5.41, 5.74) is 0. The molecule has 0 aliphatic heterocycles. The van der Waals surface area contributed by atoms with Crippen molar-refractivity contribution in [1.82, 2.24) is 9.78 Å². The van der Waals surface area contributed by atoms with Gasteiger partial charge in [-0.2, -0.15) is 5.10 Å². The lowest BCUT2D eigenvalue weighted by molar-refractivity contribution is -0.120. The first-order valence-electron chi connectivity index (χ1n) is 7.25. The Morgan fingerprint density at radius 3 is 2.95 bits per heavy atom. The van der Waals surface area contributed by atoms with Gasteiger partial charge < -0.3 is 5.32 Å². The second kappa shape index (κ2) is 5.19. The monoisotopic (exact) mass is 259 g/mol. The van der Waals surface area contributed by atoms with Gasteiger partial charge in [0.25, 0.3) is 0 Å². The molecular formula is C15H21N3O. The van der Waals surface area contributed by atoms with Crippen molar-refractivity contribution in [3.63, 3.8) is 0 Å². The smallest absolute Gasteiger partial charge is 0.228 e. The van der Waals surface area contributed by atoms with Crippen LogP contribution in [0.25, 0.3) is 0 Å². The summed E-state index contributed by atoms with van der Waals surface area (Å²) in [6.07, 6.45) is 11.4. The molecule has 19 heavy (non-hydrogen) atoms. The summed E-state index contributed by atoms with van der Waals surface area (Å²) in [5.74, 6) is 1.82. The summed E-state index contributed by atoms with van der Waals surface area (Å²) < 4.78 is 1.97. The molecule has 0 radical (unpaired) electrons. The number of hydrogen-bond acceptors (Lipinski definition) is 2. The van der Waals surface area contributed by atoms with Gasteiger partial charge in [0.05, 0.1) is 12.2 Å². The number of rotatable bonds is 4. The van der Waals surface area contributed by atoms with Crippen molar-refractivity contribution in [3.8, 4) is 0 Å². The molecule has 0 spiro atoms. The Labute approximate surface area is 113 Å². The highest BCUT2D eigenvalue weighted by Crippen LogP contribution is 2.40. The number of carbonyl (C=O) groups is 1. The number of hydrogen-bond donors (Lipinski definition) is 1. The quantitative estimate of drug-likeness (QED) is 0.844. The standard InChI is InChI=1S/C15H21N3O/c1-11(12-7-8-12)18-14(9-10-16-18)17-15(19)13-5-3-2-4-6-13/h2-3,9-13H,4-8H2,1H3,(H,17,19). The molecule has 1 heterocycles. The van der Waals surface area contributed by atoms with Crippen molar-refractivity contribution in [1.29, 1.82) is 0 Å². The molecule has 2 unspecified atom stereocenters. The van der Waals surface area contributed by atoms with E-state index in [9.17, 15) is 4.79 Å². The topological polar surface area (TPSA) is 46.9 Å². The molecule has 3 rings (SSSR count). The van der Waals surface area contributed by atoms with Crippen LogP contribution in [0.4, 0.5) is 5.82 Å². The third-order valence-electron chi connectivity index (χ3n) is 4.25. The second-order valence-corrected chi connectivity index (χ2v) is 5.71. The zero-order valence-corrected chi connectivity index (χ0v) is 11.4. The van der Waals surface area contributed by atoms with Crippen molar-refractivity contribution in [2.75, 3.05) is 5.32 Å². The van der Waals surface area contributed by atoms with Crippen molar-refractivity contribution in [3.05, 3.63) is 24.4 Å². The molecule has 0 saturated heterocycles. The van der Waals surface area contributed by atoms with Crippen molar-refractivity contribution < 1.29 is 4.79 Å². The van der Waals surface area contributed by atoms with Crippen LogP contribution in [-0.4, -0.2) is 15.7 Å². The largest absolute Gasteiger partial charge is 0.311 e. The lowest BCUT2D eigenvalue weighted by Crippen LogP contribution is -2.25. The Morgan fingerprint density at radius 1 is 1.42 bits per heavy atom. The van der Waals surface area contributed by atoms with E-state index in [1.54, 1.807) is 6.20 Å². The van der Waals surface area contributed by atoms with Crippen LogP contribution in [0.5, 0.6) is 0 Å². The van der Waals surface area contributed by atoms with Gasteiger partial charge in [-0.15, -0.1) is 0 Å². The van der Waals surface area contributed by atoms with Crippen molar-refractivity contribution in [2.45, 2.75) is 45.1 Å². The van der Waals surface area contributed by atoms with Crippen LogP contribution in [0.3, 0.4) is 0 Å². The Hall–Kier alpha value is -1.58. The molecule has 2 aliphatic rings. The molecule has 0 bridgehead atoms. The fraction of sp³-hybridized carbons (Fsp3) is 0.600. The first-order valence-corrected chi connectivity index (χ1v) is 7.25. The van der Waals surface area contributed by atoms with Gasteiger partial charge in [-0.1, -0.05) is 12.2 Å². The molecule has 2 atom stereocenters. The molecule has 4 heteroatoms. The molecule has 1 N–H and O–H groups in total. The number of amides is 1. The SMILES string of the molecule is CC(C1CC1)n1nccc1NC(=O)C1CC=CCC1. The lowest BCUT2D eigenvalue weighted by Gasteiger charge is -2.19. The van der Waals surface area contributed by atoms with Crippen LogP contribution in [0.1, 0.15) is 45.1 Å².